The van der Waals surface area contributed by atoms with Crippen molar-refractivity contribution in [3.63, 3.8) is 0 Å². The largest absolute Gasteiger partial charge is 0.396 e. The highest BCUT2D eigenvalue weighted by Crippen LogP contribution is 2.24. The van der Waals surface area contributed by atoms with Crippen molar-refractivity contribution in [2.45, 2.75) is 39.7 Å². The SMILES string of the molecule is CCn1c(=O)cc(CCCCO)c2cc(NC(=O)c3ccccc3C)ccc21. The number of aryl methyl sites for hydroxylation is 3. The third kappa shape index (κ3) is 4.15. The molecule has 0 spiro atoms. The Bertz CT molecular complexity index is 1050. The predicted molar refractivity (Wildman–Crippen MR) is 113 cm³/mol. The summed E-state index contributed by atoms with van der Waals surface area (Å²) >= 11 is 0. The van der Waals surface area contributed by atoms with E-state index in [1.165, 1.54) is 0 Å². The molecule has 2 aromatic carbocycles. The van der Waals surface area contributed by atoms with E-state index in [1.54, 1.807) is 16.7 Å². The Morgan fingerprint density at radius 1 is 1.11 bits per heavy atom. The van der Waals surface area contributed by atoms with Crippen LogP contribution in [0.5, 0.6) is 0 Å². The Morgan fingerprint density at radius 2 is 1.89 bits per heavy atom. The molecule has 1 heterocycles. The van der Waals surface area contributed by atoms with Gasteiger partial charge in [0.25, 0.3) is 11.5 Å². The number of carbonyl (C=O) groups excluding carboxylic acids is 1. The zero-order valence-corrected chi connectivity index (χ0v) is 16.4. The highest BCUT2D eigenvalue weighted by Gasteiger charge is 2.12. The number of nitrogens with zero attached hydrogens (tertiary/aromatic N) is 1. The normalized spacial score (nSPS) is 11.0. The summed E-state index contributed by atoms with van der Waals surface area (Å²) in [6.45, 7) is 4.58. The summed E-state index contributed by atoms with van der Waals surface area (Å²) in [4.78, 5) is 25.1. The summed E-state index contributed by atoms with van der Waals surface area (Å²) < 4.78 is 1.73. The van der Waals surface area contributed by atoms with Gasteiger partial charge in [-0.1, -0.05) is 18.2 Å². The van der Waals surface area contributed by atoms with E-state index >= 15 is 0 Å². The molecule has 0 aliphatic carbocycles. The Hall–Kier alpha value is -2.92. The first-order valence-corrected chi connectivity index (χ1v) is 9.69. The number of rotatable bonds is 7. The van der Waals surface area contributed by atoms with Crippen molar-refractivity contribution in [2.24, 2.45) is 0 Å². The third-order valence-electron chi connectivity index (χ3n) is 5.02. The summed E-state index contributed by atoms with van der Waals surface area (Å²) in [6, 6.07) is 14.8. The number of aromatic nitrogens is 1. The summed E-state index contributed by atoms with van der Waals surface area (Å²) in [5.41, 5.74) is 4.05. The first-order chi connectivity index (χ1) is 13.5. The lowest BCUT2D eigenvalue weighted by Crippen LogP contribution is -2.20. The molecule has 146 valence electrons. The number of benzene rings is 2. The average molecular weight is 378 g/mol. The van der Waals surface area contributed by atoms with Crippen molar-refractivity contribution in [1.82, 2.24) is 4.57 Å². The van der Waals surface area contributed by atoms with Gasteiger partial charge in [0.05, 0.1) is 5.52 Å². The van der Waals surface area contributed by atoms with Gasteiger partial charge in [0.2, 0.25) is 0 Å². The van der Waals surface area contributed by atoms with E-state index in [4.69, 9.17) is 5.11 Å². The van der Waals surface area contributed by atoms with Gasteiger partial charge in [-0.25, -0.2) is 0 Å². The number of pyridine rings is 1. The van der Waals surface area contributed by atoms with Crippen LogP contribution in [-0.2, 0) is 13.0 Å². The molecule has 0 saturated carbocycles. The summed E-state index contributed by atoms with van der Waals surface area (Å²) in [6.07, 6.45) is 2.22. The molecule has 1 aromatic heterocycles. The minimum Gasteiger partial charge on any atom is -0.396 e. The standard InChI is InChI=1S/C23H26N2O3/c1-3-25-21-12-11-18(24-23(28)19-10-5-4-8-16(19)2)15-20(21)17(14-22(25)27)9-6-7-13-26/h4-5,8,10-12,14-15,26H,3,6-7,9,13H2,1-2H3,(H,24,28). The Labute approximate surface area is 164 Å². The zero-order valence-electron chi connectivity index (χ0n) is 16.4. The molecule has 3 rings (SSSR count). The molecule has 2 N–H and O–H groups in total. The molecule has 0 saturated heterocycles. The van der Waals surface area contributed by atoms with Crippen molar-refractivity contribution >= 4 is 22.5 Å². The van der Waals surface area contributed by atoms with Crippen LogP contribution >= 0.6 is 0 Å². The number of aliphatic hydroxyl groups excluding tert-OH is 1. The fourth-order valence-electron chi connectivity index (χ4n) is 3.52. The number of hydrogen-bond acceptors (Lipinski definition) is 3. The number of anilines is 1. The molecule has 5 heteroatoms. The predicted octanol–water partition coefficient (Wildman–Crippen LogP) is 3.90. The van der Waals surface area contributed by atoms with E-state index in [0.717, 1.165) is 28.5 Å². The topological polar surface area (TPSA) is 71.3 Å². The molecule has 0 atom stereocenters. The van der Waals surface area contributed by atoms with E-state index in [2.05, 4.69) is 5.32 Å². The molecule has 0 aliphatic heterocycles. The van der Waals surface area contributed by atoms with Gasteiger partial charge in [0.15, 0.2) is 0 Å². The second-order valence-electron chi connectivity index (χ2n) is 6.93. The molecule has 0 bridgehead atoms. The minimum atomic E-state index is -0.150. The Balaban J connectivity index is 2.00. The van der Waals surface area contributed by atoms with Crippen LogP contribution in [-0.4, -0.2) is 22.2 Å². The van der Waals surface area contributed by atoms with E-state index in [9.17, 15) is 9.59 Å². The van der Waals surface area contributed by atoms with Crippen LogP contribution in [0, 0.1) is 6.92 Å². The zero-order chi connectivity index (χ0) is 20.1. The first-order valence-electron chi connectivity index (χ1n) is 9.69. The molecule has 3 aromatic rings. The number of hydrogen-bond donors (Lipinski definition) is 2. The van der Waals surface area contributed by atoms with Crippen LogP contribution in [0.3, 0.4) is 0 Å². The maximum atomic E-state index is 12.6. The summed E-state index contributed by atoms with van der Waals surface area (Å²) in [5.74, 6) is -0.150. The van der Waals surface area contributed by atoms with Gasteiger partial charge in [-0.2, -0.15) is 0 Å². The molecular weight excluding hydrogens is 352 g/mol. The molecule has 1 amide bonds. The quantitative estimate of drug-likeness (QED) is 0.613. The molecule has 5 nitrogen and oxygen atoms in total. The first kappa shape index (κ1) is 19.8. The maximum absolute atomic E-state index is 12.6. The van der Waals surface area contributed by atoms with Gasteiger partial charge in [-0.3, -0.25) is 9.59 Å². The molecular formula is C23H26N2O3. The van der Waals surface area contributed by atoms with E-state index in [-0.39, 0.29) is 18.1 Å². The van der Waals surface area contributed by atoms with E-state index < -0.39 is 0 Å². The lowest BCUT2D eigenvalue weighted by molar-refractivity contribution is 0.102. The monoisotopic (exact) mass is 378 g/mol. The number of fused-ring (bicyclic) bond motifs is 1. The fraction of sp³-hybridized carbons (Fsp3) is 0.304. The van der Waals surface area contributed by atoms with Gasteiger partial charge in [0, 0.05) is 35.9 Å². The van der Waals surface area contributed by atoms with Crippen molar-refractivity contribution in [1.29, 1.82) is 0 Å². The van der Waals surface area contributed by atoms with Gasteiger partial charge < -0.3 is 15.0 Å². The highest BCUT2D eigenvalue weighted by atomic mass is 16.3. The van der Waals surface area contributed by atoms with Crippen LogP contribution in [0.4, 0.5) is 5.69 Å². The smallest absolute Gasteiger partial charge is 0.255 e. The number of aliphatic hydroxyl groups is 1. The van der Waals surface area contributed by atoms with Crippen molar-refractivity contribution in [3.05, 3.63) is 75.6 Å². The number of nitrogens with one attached hydrogen (secondary N) is 1. The van der Waals surface area contributed by atoms with Crippen LogP contribution in [0.15, 0.2) is 53.3 Å². The molecule has 0 unspecified atom stereocenters. The van der Waals surface area contributed by atoms with Gasteiger partial charge in [-0.05, 0) is 68.5 Å². The minimum absolute atomic E-state index is 0.0225. The molecule has 0 aliphatic rings. The molecule has 0 fully saturated rings. The van der Waals surface area contributed by atoms with E-state index in [1.807, 2.05) is 50.2 Å². The Morgan fingerprint density at radius 3 is 2.61 bits per heavy atom. The second kappa shape index (κ2) is 8.85. The van der Waals surface area contributed by atoms with Crippen molar-refractivity contribution in [3.8, 4) is 0 Å². The van der Waals surface area contributed by atoms with E-state index in [0.29, 0.717) is 30.6 Å². The van der Waals surface area contributed by atoms with Crippen LogP contribution < -0.4 is 10.9 Å². The average Bonchev–Trinajstić information content (AvgIpc) is 2.69. The van der Waals surface area contributed by atoms with Crippen LogP contribution in [0.2, 0.25) is 0 Å². The summed E-state index contributed by atoms with van der Waals surface area (Å²) in [5, 5.41) is 13.0. The molecule has 28 heavy (non-hydrogen) atoms. The molecule has 0 radical (unpaired) electrons. The van der Waals surface area contributed by atoms with Crippen LogP contribution in [0.25, 0.3) is 10.9 Å². The van der Waals surface area contributed by atoms with Gasteiger partial charge in [-0.15, -0.1) is 0 Å². The summed E-state index contributed by atoms with van der Waals surface area (Å²) in [7, 11) is 0. The third-order valence-corrected chi connectivity index (χ3v) is 5.02. The van der Waals surface area contributed by atoms with Gasteiger partial charge >= 0.3 is 0 Å². The maximum Gasteiger partial charge on any atom is 0.255 e. The van der Waals surface area contributed by atoms with Crippen molar-refractivity contribution < 1.29 is 9.90 Å². The lowest BCUT2D eigenvalue weighted by atomic mass is 10.0. The fourth-order valence-corrected chi connectivity index (χ4v) is 3.52. The second-order valence-corrected chi connectivity index (χ2v) is 6.93. The highest BCUT2D eigenvalue weighted by molar-refractivity contribution is 6.06. The van der Waals surface area contributed by atoms with Crippen LogP contribution in [0.1, 0.15) is 41.3 Å². The Kier molecular flexibility index (Phi) is 6.26. The number of amides is 1. The number of unbranched alkanes of at least 4 members (excludes halogenated alkanes) is 1. The van der Waals surface area contributed by atoms with Gasteiger partial charge in [0.1, 0.15) is 0 Å². The van der Waals surface area contributed by atoms with Crippen molar-refractivity contribution in [2.75, 3.05) is 11.9 Å². The lowest BCUT2D eigenvalue weighted by Gasteiger charge is -2.14. The number of carbonyl (C=O) groups is 1.